The maximum atomic E-state index is 12.5. The Morgan fingerprint density at radius 1 is 1.13 bits per heavy atom. The molecule has 2 rings (SSSR count). The van der Waals surface area contributed by atoms with E-state index < -0.39 is 0 Å². The van der Waals surface area contributed by atoms with Crippen LogP contribution in [0.3, 0.4) is 0 Å². The quantitative estimate of drug-likeness (QED) is 0.581. The SMILES string of the molecule is CCC1CC(CC)C(C(CC(=O)OC2(CC)CCCC2)OC)C1. The molecule has 4 unspecified atom stereocenters. The number of esters is 1. The molecule has 2 aliphatic carbocycles. The van der Waals surface area contributed by atoms with Gasteiger partial charge in [-0.3, -0.25) is 4.79 Å². The van der Waals surface area contributed by atoms with Gasteiger partial charge in [-0.1, -0.05) is 33.6 Å². The highest BCUT2D eigenvalue weighted by molar-refractivity contribution is 5.70. The van der Waals surface area contributed by atoms with E-state index in [0.29, 0.717) is 18.3 Å². The monoisotopic (exact) mass is 324 g/mol. The van der Waals surface area contributed by atoms with E-state index in [0.717, 1.165) is 25.2 Å². The molecule has 0 N–H and O–H groups in total. The normalized spacial score (nSPS) is 31.2. The Labute approximate surface area is 142 Å². The average molecular weight is 325 g/mol. The topological polar surface area (TPSA) is 35.5 Å². The molecule has 0 aromatic carbocycles. The van der Waals surface area contributed by atoms with Crippen molar-refractivity contribution in [1.29, 1.82) is 0 Å². The minimum Gasteiger partial charge on any atom is -0.459 e. The van der Waals surface area contributed by atoms with Crippen LogP contribution in [0.25, 0.3) is 0 Å². The summed E-state index contributed by atoms with van der Waals surface area (Å²) in [6.45, 7) is 6.69. The summed E-state index contributed by atoms with van der Waals surface area (Å²) in [6, 6.07) is 0. The van der Waals surface area contributed by atoms with Gasteiger partial charge in [-0.2, -0.15) is 0 Å². The van der Waals surface area contributed by atoms with Crippen molar-refractivity contribution in [3.63, 3.8) is 0 Å². The largest absolute Gasteiger partial charge is 0.459 e. The molecule has 0 bridgehead atoms. The summed E-state index contributed by atoms with van der Waals surface area (Å²) in [5.41, 5.74) is -0.179. The summed E-state index contributed by atoms with van der Waals surface area (Å²) in [7, 11) is 1.76. The molecule has 2 aliphatic rings. The predicted molar refractivity (Wildman–Crippen MR) is 93.3 cm³/mol. The molecule has 3 nitrogen and oxygen atoms in total. The number of rotatable bonds is 8. The van der Waals surface area contributed by atoms with Gasteiger partial charge in [0.1, 0.15) is 5.60 Å². The molecule has 0 heterocycles. The van der Waals surface area contributed by atoms with Gasteiger partial charge in [0.15, 0.2) is 0 Å². The molecule has 0 saturated heterocycles. The molecule has 0 spiro atoms. The summed E-state index contributed by atoms with van der Waals surface area (Å²) < 4.78 is 11.7. The van der Waals surface area contributed by atoms with Crippen LogP contribution < -0.4 is 0 Å². The minimum absolute atomic E-state index is 0.0271. The number of methoxy groups -OCH3 is 1. The van der Waals surface area contributed by atoms with Gasteiger partial charge in [-0.25, -0.2) is 0 Å². The second-order valence-electron chi connectivity index (χ2n) is 7.77. The van der Waals surface area contributed by atoms with Gasteiger partial charge >= 0.3 is 5.97 Å². The molecule has 4 atom stereocenters. The van der Waals surface area contributed by atoms with Gasteiger partial charge in [0.2, 0.25) is 0 Å². The van der Waals surface area contributed by atoms with E-state index in [1.807, 2.05) is 0 Å². The number of hydrogen-bond acceptors (Lipinski definition) is 3. The van der Waals surface area contributed by atoms with Gasteiger partial charge in [0.05, 0.1) is 12.5 Å². The van der Waals surface area contributed by atoms with E-state index in [-0.39, 0.29) is 17.7 Å². The lowest BCUT2D eigenvalue weighted by Gasteiger charge is -2.31. The van der Waals surface area contributed by atoms with Crippen molar-refractivity contribution in [3.05, 3.63) is 0 Å². The van der Waals surface area contributed by atoms with E-state index in [9.17, 15) is 4.79 Å². The number of hydrogen-bond donors (Lipinski definition) is 0. The Morgan fingerprint density at radius 2 is 1.83 bits per heavy atom. The second-order valence-corrected chi connectivity index (χ2v) is 7.77. The Balaban J connectivity index is 1.94. The third kappa shape index (κ3) is 4.49. The predicted octanol–water partition coefficient (Wildman–Crippen LogP) is 5.12. The third-order valence-electron chi connectivity index (χ3n) is 6.59. The third-order valence-corrected chi connectivity index (χ3v) is 6.59. The van der Waals surface area contributed by atoms with Crippen molar-refractivity contribution in [2.75, 3.05) is 7.11 Å². The highest BCUT2D eigenvalue weighted by Gasteiger charge is 2.40. The Morgan fingerprint density at radius 3 is 2.35 bits per heavy atom. The highest BCUT2D eigenvalue weighted by Crippen LogP contribution is 2.43. The molecule has 134 valence electrons. The molecule has 0 radical (unpaired) electrons. The van der Waals surface area contributed by atoms with Crippen molar-refractivity contribution in [2.24, 2.45) is 17.8 Å². The fourth-order valence-corrected chi connectivity index (χ4v) is 4.94. The summed E-state index contributed by atoms with van der Waals surface area (Å²) in [5.74, 6) is 1.97. The first-order valence-corrected chi connectivity index (χ1v) is 9.82. The fraction of sp³-hybridized carbons (Fsp3) is 0.950. The maximum Gasteiger partial charge on any atom is 0.308 e. The smallest absolute Gasteiger partial charge is 0.308 e. The Kier molecular flexibility index (Phi) is 6.94. The summed E-state index contributed by atoms with van der Waals surface area (Å²) in [5, 5.41) is 0. The van der Waals surface area contributed by atoms with Crippen LogP contribution in [0.5, 0.6) is 0 Å². The molecule has 23 heavy (non-hydrogen) atoms. The van der Waals surface area contributed by atoms with Gasteiger partial charge in [0.25, 0.3) is 0 Å². The lowest BCUT2D eigenvalue weighted by molar-refractivity contribution is -0.163. The van der Waals surface area contributed by atoms with Gasteiger partial charge in [0, 0.05) is 7.11 Å². The van der Waals surface area contributed by atoms with Crippen LogP contribution in [0.4, 0.5) is 0 Å². The summed E-state index contributed by atoms with van der Waals surface area (Å²) >= 11 is 0. The van der Waals surface area contributed by atoms with Crippen molar-refractivity contribution < 1.29 is 14.3 Å². The fourth-order valence-electron chi connectivity index (χ4n) is 4.94. The molecule has 2 saturated carbocycles. The molecule has 0 aromatic rings. The van der Waals surface area contributed by atoms with E-state index in [1.54, 1.807) is 7.11 Å². The molecule has 3 heteroatoms. The summed E-state index contributed by atoms with van der Waals surface area (Å²) in [6.07, 6.45) is 10.8. The minimum atomic E-state index is -0.179. The lowest BCUT2D eigenvalue weighted by Crippen LogP contribution is -2.35. The van der Waals surface area contributed by atoms with Gasteiger partial charge in [-0.05, 0) is 62.7 Å². The van der Waals surface area contributed by atoms with Crippen molar-refractivity contribution >= 4 is 5.97 Å². The molecule has 0 amide bonds. The molecule has 0 aromatic heterocycles. The van der Waals surface area contributed by atoms with Crippen molar-refractivity contribution in [2.45, 2.75) is 96.7 Å². The van der Waals surface area contributed by atoms with E-state index in [1.165, 1.54) is 38.5 Å². The Hall–Kier alpha value is -0.570. The van der Waals surface area contributed by atoms with Crippen LogP contribution in [0, 0.1) is 17.8 Å². The van der Waals surface area contributed by atoms with Crippen LogP contribution in [0.15, 0.2) is 0 Å². The zero-order valence-corrected chi connectivity index (χ0v) is 15.6. The van der Waals surface area contributed by atoms with Crippen LogP contribution in [-0.2, 0) is 14.3 Å². The zero-order valence-electron chi connectivity index (χ0n) is 15.6. The number of carbonyl (C=O) groups excluding carboxylic acids is 1. The molecule has 2 fully saturated rings. The van der Waals surface area contributed by atoms with E-state index in [2.05, 4.69) is 20.8 Å². The van der Waals surface area contributed by atoms with Crippen molar-refractivity contribution in [3.8, 4) is 0 Å². The standard InChI is InChI=1S/C20H36O3/c1-5-15-12-16(6-2)17(13-15)18(22-4)14-19(21)23-20(7-3)10-8-9-11-20/h15-18H,5-14H2,1-4H3. The maximum absolute atomic E-state index is 12.5. The van der Waals surface area contributed by atoms with Crippen molar-refractivity contribution in [1.82, 2.24) is 0 Å². The first-order valence-electron chi connectivity index (χ1n) is 9.82. The zero-order chi connectivity index (χ0) is 16.9. The van der Waals surface area contributed by atoms with Crippen LogP contribution >= 0.6 is 0 Å². The van der Waals surface area contributed by atoms with E-state index in [4.69, 9.17) is 9.47 Å². The number of carbonyl (C=O) groups is 1. The van der Waals surface area contributed by atoms with Crippen LogP contribution in [-0.4, -0.2) is 24.8 Å². The molecular weight excluding hydrogens is 288 g/mol. The average Bonchev–Trinajstić information content (AvgIpc) is 3.19. The lowest BCUT2D eigenvalue weighted by atomic mass is 9.87. The van der Waals surface area contributed by atoms with E-state index >= 15 is 0 Å². The van der Waals surface area contributed by atoms with Gasteiger partial charge in [-0.15, -0.1) is 0 Å². The second kappa shape index (κ2) is 8.50. The Bertz CT molecular complexity index is 373. The molecule has 0 aliphatic heterocycles. The molecular formula is C20H36O3. The highest BCUT2D eigenvalue weighted by atomic mass is 16.6. The first kappa shape index (κ1) is 18.8. The van der Waals surface area contributed by atoms with Gasteiger partial charge < -0.3 is 9.47 Å². The first-order chi connectivity index (χ1) is 11.1. The summed E-state index contributed by atoms with van der Waals surface area (Å²) in [4.78, 5) is 12.5. The van der Waals surface area contributed by atoms with Crippen LogP contribution in [0.2, 0.25) is 0 Å². The number of ether oxygens (including phenoxy) is 2. The van der Waals surface area contributed by atoms with Crippen LogP contribution in [0.1, 0.15) is 85.0 Å².